The first kappa shape index (κ1) is 46.4. The number of carbonyl (C=O) groups excluding carboxylic acids is 4. The average molecular weight is 857 g/mol. The minimum atomic E-state index is -0.542. The Morgan fingerprint density at radius 3 is 1.40 bits per heavy atom. The average Bonchev–Trinajstić information content (AvgIpc) is 3.61. The predicted octanol–water partition coefficient (Wildman–Crippen LogP) is 10.1. The lowest BCUT2D eigenvalue weighted by Crippen LogP contribution is -2.29. The number of nitrogens with zero attached hydrogens (tertiary/aromatic N) is 2. The van der Waals surface area contributed by atoms with E-state index >= 15 is 0 Å². The first-order valence-corrected chi connectivity index (χ1v) is 19.5. The quantitative estimate of drug-likeness (QED) is 0.104. The van der Waals surface area contributed by atoms with Crippen LogP contribution in [0.25, 0.3) is 33.4 Å². The van der Waals surface area contributed by atoms with Crippen LogP contribution in [0.5, 0.6) is 0 Å². The molecule has 14 heteroatoms. The highest BCUT2D eigenvalue weighted by molar-refractivity contribution is 6.62. The number of nitrogens with one attached hydrogen (secondary N) is 2. The molecule has 2 unspecified atom stereocenters. The number of aliphatic hydroxyl groups excluding tert-OH is 1. The molecule has 2 aliphatic rings. The summed E-state index contributed by atoms with van der Waals surface area (Å²) >= 11 is 22.5. The van der Waals surface area contributed by atoms with E-state index in [4.69, 9.17) is 39.5 Å². The van der Waals surface area contributed by atoms with Gasteiger partial charge in [-0.1, -0.05) is 83.9 Å². The molecule has 0 spiro atoms. The van der Waals surface area contributed by atoms with E-state index in [1.54, 1.807) is 42.0 Å². The van der Waals surface area contributed by atoms with Gasteiger partial charge in [-0.3, -0.25) is 14.4 Å². The molecule has 302 valence electrons. The lowest BCUT2D eigenvalue weighted by atomic mass is 9.95. The molecule has 4 amide bonds. The monoisotopic (exact) mass is 854 g/mol. The third kappa shape index (κ3) is 11.5. The van der Waals surface area contributed by atoms with Gasteiger partial charge in [0.15, 0.2) is 0 Å². The van der Waals surface area contributed by atoms with Crippen molar-refractivity contribution in [3.63, 3.8) is 0 Å². The Morgan fingerprint density at radius 2 is 1.04 bits per heavy atom. The lowest BCUT2D eigenvalue weighted by molar-refractivity contribution is -0.116. The summed E-state index contributed by atoms with van der Waals surface area (Å²) in [6.07, 6.45) is 0.930. The number of aryl methyl sites for hydroxylation is 2. The number of ether oxygens (including phenoxy) is 1. The second-order valence-corrected chi connectivity index (χ2v) is 14.5. The summed E-state index contributed by atoms with van der Waals surface area (Å²) in [5.41, 5.74) is 7.76. The van der Waals surface area contributed by atoms with Gasteiger partial charge < -0.3 is 30.3 Å². The first-order valence-electron chi connectivity index (χ1n) is 17.6. The Labute approximate surface area is 354 Å². The third-order valence-electron chi connectivity index (χ3n) is 8.71. The van der Waals surface area contributed by atoms with Crippen LogP contribution in [0.4, 0.5) is 9.59 Å². The molecule has 0 saturated heterocycles. The molecule has 2 atom stereocenters. The van der Waals surface area contributed by atoms with E-state index in [2.05, 4.69) is 22.2 Å². The predicted molar refractivity (Wildman–Crippen MR) is 232 cm³/mol. The normalized spacial score (nSPS) is 15.5. The van der Waals surface area contributed by atoms with Crippen LogP contribution in [0.2, 0.25) is 10.0 Å². The van der Waals surface area contributed by atoms with Gasteiger partial charge in [-0.15, -0.1) is 11.6 Å². The Bertz CT molecular complexity index is 2170. The number of hydrogen-bond acceptors (Lipinski definition) is 6. The molecule has 2 aliphatic heterocycles. The molecular weight excluding hydrogens is 810 g/mol. The standard InChI is InChI=1S/C21H21ClN2O3.C18H16ClNO2.C3H6ClNO.CH3Cl/c1-12-10-16(17(22)11-15(12)14-8-6-5-7-9-14)18-19(13(2)23-20(18)25)27-21(26)24(3)4;1-10-8-14(16-17(21)11(2)20-18(16)22)15(19)9-13(10)12-6-4-3-5-7-12;1-5(2)3(4)6;1-2/h5-11,13H,1-4H3,(H,23,25);3-9,11,21H,1-2H3,(H,20,22);1-2H3;1H3. The van der Waals surface area contributed by atoms with Gasteiger partial charge in [0, 0.05) is 55.7 Å². The van der Waals surface area contributed by atoms with E-state index in [9.17, 15) is 24.3 Å². The van der Waals surface area contributed by atoms with E-state index in [1.807, 2.05) is 98.8 Å². The zero-order valence-electron chi connectivity index (χ0n) is 33.1. The Balaban J connectivity index is 0.000000261. The van der Waals surface area contributed by atoms with Crippen molar-refractivity contribution in [2.24, 2.45) is 0 Å². The van der Waals surface area contributed by atoms with Gasteiger partial charge in [0.1, 0.15) is 11.5 Å². The number of benzene rings is 4. The molecule has 0 aliphatic carbocycles. The van der Waals surface area contributed by atoms with Crippen LogP contribution in [0.15, 0.2) is 96.4 Å². The molecule has 0 saturated carbocycles. The number of rotatable bonds is 5. The summed E-state index contributed by atoms with van der Waals surface area (Å²) in [5.74, 6) is -0.275. The molecule has 0 aromatic heterocycles. The van der Waals surface area contributed by atoms with Crippen LogP contribution in [-0.2, 0) is 14.3 Å². The molecule has 57 heavy (non-hydrogen) atoms. The minimum Gasteiger partial charge on any atom is -0.509 e. The topological polar surface area (TPSA) is 128 Å². The van der Waals surface area contributed by atoms with Gasteiger partial charge in [0.05, 0.1) is 23.2 Å². The molecule has 2 heterocycles. The van der Waals surface area contributed by atoms with Gasteiger partial charge in [-0.05, 0) is 96.9 Å². The highest BCUT2D eigenvalue weighted by Gasteiger charge is 2.35. The van der Waals surface area contributed by atoms with E-state index in [-0.39, 0.29) is 34.9 Å². The molecule has 0 bridgehead atoms. The van der Waals surface area contributed by atoms with Crippen LogP contribution < -0.4 is 10.6 Å². The smallest absolute Gasteiger partial charge is 0.414 e. The van der Waals surface area contributed by atoms with Crippen molar-refractivity contribution in [3.8, 4) is 22.3 Å². The number of amides is 4. The van der Waals surface area contributed by atoms with Crippen molar-refractivity contribution in [1.29, 1.82) is 0 Å². The fourth-order valence-electron chi connectivity index (χ4n) is 5.78. The van der Waals surface area contributed by atoms with Crippen LogP contribution >= 0.6 is 46.4 Å². The molecule has 0 radical (unpaired) electrons. The van der Waals surface area contributed by atoms with Gasteiger partial charge in [-0.25, -0.2) is 4.79 Å². The van der Waals surface area contributed by atoms with Crippen LogP contribution in [0.3, 0.4) is 0 Å². The number of carbonyl (C=O) groups is 4. The number of halogens is 4. The van der Waals surface area contributed by atoms with E-state index in [0.717, 1.165) is 33.4 Å². The molecular formula is C43H46Cl4N4O6. The maximum absolute atomic E-state index is 12.5. The van der Waals surface area contributed by atoms with Crippen LogP contribution in [0.1, 0.15) is 36.1 Å². The maximum Gasteiger partial charge on any atom is 0.414 e. The fourth-order valence-corrected chi connectivity index (χ4v) is 6.29. The van der Waals surface area contributed by atoms with Crippen molar-refractivity contribution in [2.75, 3.05) is 34.6 Å². The van der Waals surface area contributed by atoms with Gasteiger partial charge in [-0.2, -0.15) is 0 Å². The van der Waals surface area contributed by atoms with Crippen molar-refractivity contribution in [3.05, 3.63) is 129 Å². The SMILES string of the molecule is CCl.CN(C)C(=O)Cl.Cc1cc(C2=C(O)C(C)NC2=O)c(Cl)cc1-c1ccccc1.Cc1cc(C2=C(OC(=O)N(C)C)C(C)NC2=O)c(Cl)cc1-c1ccccc1. The van der Waals surface area contributed by atoms with E-state index < -0.39 is 17.5 Å². The van der Waals surface area contributed by atoms with E-state index in [1.165, 1.54) is 16.2 Å². The second kappa shape index (κ2) is 21.0. The Morgan fingerprint density at radius 1 is 0.649 bits per heavy atom. The fraction of sp³-hybridized carbons (Fsp3) is 0.256. The van der Waals surface area contributed by atoms with Crippen LogP contribution in [0, 0.1) is 13.8 Å². The Kier molecular flexibility index (Phi) is 17.1. The highest BCUT2D eigenvalue weighted by Crippen LogP contribution is 2.38. The zero-order chi connectivity index (χ0) is 42.7. The molecule has 4 aromatic carbocycles. The second-order valence-electron chi connectivity index (χ2n) is 13.3. The number of alkyl halides is 1. The maximum atomic E-state index is 12.5. The van der Waals surface area contributed by atoms with Crippen molar-refractivity contribution in [2.45, 2.75) is 39.8 Å². The summed E-state index contributed by atoms with van der Waals surface area (Å²) in [7, 11) is 6.36. The molecule has 4 aromatic rings. The van der Waals surface area contributed by atoms with Gasteiger partial charge in [0.25, 0.3) is 11.8 Å². The van der Waals surface area contributed by atoms with Crippen molar-refractivity contribution in [1.82, 2.24) is 20.4 Å². The van der Waals surface area contributed by atoms with Gasteiger partial charge >= 0.3 is 11.5 Å². The third-order valence-corrected chi connectivity index (χ3v) is 9.67. The summed E-state index contributed by atoms with van der Waals surface area (Å²) in [5, 5.41) is 16.0. The zero-order valence-corrected chi connectivity index (χ0v) is 36.2. The van der Waals surface area contributed by atoms with Gasteiger partial charge in [0.2, 0.25) is 0 Å². The van der Waals surface area contributed by atoms with Crippen molar-refractivity contribution < 1.29 is 29.0 Å². The largest absolute Gasteiger partial charge is 0.509 e. The number of hydrogen-bond donors (Lipinski definition) is 3. The Hall–Kier alpha value is -5.00. The summed E-state index contributed by atoms with van der Waals surface area (Å²) in [6.45, 7) is 7.43. The van der Waals surface area contributed by atoms with Crippen LogP contribution in [-0.4, -0.2) is 84.8 Å². The highest BCUT2D eigenvalue weighted by atomic mass is 35.5. The summed E-state index contributed by atoms with van der Waals surface area (Å²) < 4.78 is 5.46. The number of aliphatic hydroxyl groups is 1. The summed E-state index contributed by atoms with van der Waals surface area (Å²) in [4.78, 5) is 49.0. The lowest BCUT2D eigenvalue weighted by Gasteiger charge is -2.16. The summed E-state index contributed by atoms with van der Waals surface area (Å²) in [6, 6.07) is 26.4. The van der Waals surface area contributed by atoms with Crippen molar-refractivity contribution >= 4 is 80.8 Å². The molecule has 3 N–H and O–H groups in total. The molecule has 6 rings (SSSR count). The first-order chi connectivity index (χ1) is 26.9. The molecule has 0 fully saturated rings. The molecule has 10 nitrogen and oxygen atoms in total. The minimum absolute atomic E-state index is 0.0405. The van der Waals surface area contributed by atoms with E-state index in [0.29, 0.717) is 26.7 Å².